The van der Waals surface area contributed by atoms with Gasteiger partial charge in [-0.15, -0.1) is 0 Å². The summed E-state index contributed by atoms with van der Waals surface area (Å²) in [7, 11) is 0. The number of hydrogen-bond donors (Lipinski definition) is 1. The van der Waals surface area contributed by atoms with Crippen LogP contribution in [0.4, 0.5) is 0 Å². The maximum absolute atomic E-state index is 12.3. The largest absolute Gasteiger partial charge is 0.478 e. The highest BCUT2D eigenvalue weighted by molar-refractivity contribution is 6.12. The Hall–Kier alpha value is -3.29. The van der Waals surface area contributed by atoms with Crippen molar-refractivity contribution in [3.8, 4) is 0 Å². The third-order valence-corrected chi connectivity index (χ3v) is 3.47. The van der Waals surface area contributed by atoms with E-state index in [-0.39, 0.29) is 41.9 Å². The third-order valence-electron chi connectivity index (χ3n) is 3.47. The van der Waals surface area contributed by atoms with Crippen LogP contribution in [0.2, 0.25) is 0 Å². The molecule has 1 N–H and O–H groups in total. The quantitative estimate of drug-likeness (QED) is 0.302. The molecule has 0 bridgehead atoms. The molecule has 1 aromatic carbocycles. The predicted molar refractivity (Wildman–Crippen MR) is 94.1 cm³/mol. The molecule has 0 aliphatic carbocycles. The molecule has 8 heteroatoms. The molecule has 0 unspecified atom stereocenters. The Kier molecular flexibility index (Phi) is 7.59. The molecular weight excluding hydrogens is 356 g/mol. The van der Waals surface area contributed by atoms with Crippen molar-refractivity contribution in [2.24, 2.45) is 0 Å². The fraction of sp³-hybridized carbons (Fsp3) is 0.316. The van der Waals surface area contributed by atoms with Crippen LogP contribution in [-0.2, 0) is 14.3 Å². The van der Waals surface area contributed by atoms with Crippen LogP contribution in [0.25, 0.3) is 0 Å². The molecule has 0 saturated heterocycles. The number of hydrogen-bond acceptors (Lipinski definition) is 7. The smallest absolute Gasteiger partial charge is 0.338 e. The topological polar surface area (TPSA) is 124 Å². The lowest BCUT2D eigenvalue weighted by atomic mass is 9.94. The van der Waals surface area contributed by atoms with Gasteiger partial charge in [0.05, 0.1) is 24.3 Å². The van der Waals surface area contributed by atoms with Gasteiger partial charge in [0.15, 0.2) is 11.6 Å². The summed E-state index contributed by atoms with van der Waals surface area (Å²) in [5, 5.41) is 9.25. The lowest BCUT2D eigenvalue weighted by Gasteiger charge is -2.12. The van der Waals surface area contributed by atoms with Gasteiger partial charge in [0.1, 0.15) is 0 Å². The van der Waals surface area contributed by atoms with Crippen LogP contribution >= 0.6 is 0 Å². The average Bonchev–Trinajstić information content (AvgIpc) is 2.59. The number of ether oxygens (including phenoxy) is 2. The SMILES string of the molecule is C=C(C)C(=O)OCCCOC(=O)c1cc(C(=O)O)c(C(C)=O)cc1C(C)=O. The van der Waals surface area contributed by atoms with Gasteiger partial charge in [0.2, 0.25) is 0 Å². The average molecular weight is 376 g/mol. The number of carbonyl (C=O) groups is 5. The van der Waals surface area contributed by atoms with E-state index in [1.807, 2.05) is 0 Å². The molecular formula is C19H20O8. The summed E-state index contributed by atoms with van der Waals surface area (Å²) in [6.45, 7) is 7.16. The number of esters is 2. The Morgan fingerprint density at radius 3 is 1.81 bits per heavy atom. The van der Waals surface area contributed by atoms with Gasteiger partial charge in [-0.3, -0.25) is 9.59 Å². The van der Waals surface area contributed by atoms with Crippen molar-refractivity contribution >= 4 is 29.5 Å². The fourth-order valence-electron chi connectivity index (χ4n) is 2.12. The number of carbonyl (C=O) groups excluding carboxylic acids is 4. The van der Waals surface area contributed by atoms with Crippen molar-refractivity contribution in [2.75, 3.05) is 13.2 Å². The van der Waals surface area contributed by atoms with Crippen LogP contribution in [0, 0.1) is 0 Å². The van der Waals surface area contributed by atoms with Crippen molar-refractivity contribution in [1.82, 2.24) is 0 Å². The monoisotopic (exact) mass is 376 g/mol. The summed E-state index contributed by atoms with van der Waals surface area (Å²) in [4.78, 5) is 58.3. The molecule has 0 aliphatic heterocycles. The van der Waals surface area contributed by atoms with Gasteiger partial charge in [0, 0.05) is 23.1 Å². The first-order valence-electron chi connectivity index (χ1n) is 7.99. The molecule has 0 fully saturated rings. The number of Topliss-reactive ketones (excluding diaryl/α,β-unsaturated/α-hetero) is 2. The zero-order valence-electron chi connectivity index (χ0n) is 15.3. The second-order valence-electron chi connectivity index (χ2n) is 5.77. The highest BCUT2D eigenvalue weighted by Crippen LogP contribution is 2.20. The van der Waals surface area contributed by atoms with E-state index in [1.54, 1.807) is 0 Å². The van der Waals surface area contributed by atoms with Crippen LogP contribution < -0.4 is 0 Å². The van der Waals surface area contributed by atoms with Crippen LogP contribution in [-0.4, -0.2) is 47.8 Å². The third kappa shape index (κ3) is 5.88. The molecule has 0 aliphatic rings. The minimum Gasteiger partial charge on any atom is -0.478 e. The van der Waals surface area contributed by atoms with Gasteiger partial charge in [-0.05, 0) is 32.9 Å². The minimum absolute atomic E-state index is 0.00217. The fourth-order valence-corrected chi connectivity index (χ4v) is 2.12. The van der Waals surface area contributed by atoms with Crippen LogP contribution in [0.15, 0.2) is 24.3 Å². The first kappa shape index (κ1) is 21.8. The highest BCUT2D eigenvalue weighted by atomic mass is 16.5. The van der Waals surface area contributed by atoms with Crippen LogP contribution in [0.5, 0.6) is 0 Å². The number of aromatic carboxylic acids is 1. The lowest BCUT2D eigenvalue weighted by Crippen LogP contribution is -2.17. The van der Waals surface area contributed by atoms with Crippen molar-refractivity contribution in [3.05, 3.63) is 46.5 Å². The molecule has 1 aromatic rings. The summed E-state index contributed by atoms with van der Waals surface area (Å²) < 4.78 is 9.86. The van der Waals surface area contributed by atoms with E-state index >= 15 is 0 Å². The van der Waals surface area contributed by atoms with Gasteiger partial charge in [0.25, 0.3) is 0 Å². The van der Waals surface area contributed by atoms with E-state index in [0.717, 1.165) is 19.1 Å². The number of benzene rings is 1. The Labute approximate surface area is 155 Å². The highest BCUT2D eigenvalue weighted by Gasteiger charge is 2.23. The molecule has 0 amide bonds. The lowest BCUT2D eigenvalue weighted by molar-refractivity contribution is -0.139. The summed E-state index contributed by atoms with van der Waals surface area (Å²) in [5.74, 6) is -3.95. The molecule has 0 saturated carbocycles. The minimum atomic E-state index is -1.41. The second-order valence-corrected chi connectivity index (χ2v) is 5.77. The summed E-state index contributed by atoms with van der Waals surface area (Å²) in [6, 6.07) is 2.04. The van der Waals surface area contributed by atoms with Gasteiger partial charge in [-0.2, -0.15) is 0 Å². The summed E-state index contributed by atoms with van der Waals surface area (Å²) in [6.07, 6.45) is 0.206. The number of ketones is 2. The van der Waals surface area contributed by atoms with E-state index in [4.69, 9.17) is 9.47 Å². The second kappa shape index (κ2) is 9.42. The van der Waals surface area contributed by atoms with Crippen molar-refractivity contribution in [1.29, 1.82) is 0 Å². The summed E-state index contributed by atoms with van der Waals surface area (Å²) in [5.41, 5.74) is -0.677. The van der Waals surface area contributed by atoms with Gasteiger partial charge in [-0.1, -0.05) is 6.58 Å². The summed E-state index contributed by atoms with van der Waals surface area (Å²) >= 11 is 0. The predicted octanol–water partition coefficient (Wildman–Crippen LogP) is 2.46. The Bertz CT molecular complexity index is 819. The maximum atomic E-state index is 12.3. The maximum Gasteiger partial charge on any atom is 0.338 e. The zero-order valence-corrected chi connectivity index (χ0v) is 15.3. The number of carboxylic acids is 1. The Morgan fingerprint density at radius 1 is 0.852 bits per heavy atom. The van der Waals surface area contributed by atoms with Crippen molar-refractivity contribution in [3.63, 3.8) is 0 Å². The molecule has 0 aromatic heterocycles. The zero-order chi connectivity index (χ0) is 20.7. The van der Waals surface area contributed by atoms with E-state index < -0.39 is 35.0 Å². The van der Waals surface area contributed by atoms with Gasteiger partial charge >= 0.3 is 17.9 Å². The molecule has 0 radical (unpaired) electrons. The van der Waals surface area contributed by atoms with E-state index in [9.17, 15) is 29.1 Å². The van der Waals surface area contributed by atoms with Crippen molar-refractivity contribution in [2.45, 2.75) is 27.2 Å². The van der Waals surface area contributed by atoms with E-state index in [1.165, 1.54) is 13.8 Å². The molecule has 0 heterocycles. The normalized spacial score (nSPS) is 10.0. The van der Waals surface area contributed by atoms with Crippen LogP contribution in [0.1, 0.15) is 68.6 Å². The standard InChI is InChI=1S/C19H20O8/c1-10(2)18(24)26-6-5-7-27-19(25)16-9-15(17(22)23)13(11(3)20)8-14(16)12(4)21/h8-9H,1,5-7H2,2-4H3,(H,22,23). The number of rotatable bonds is 9. The van der Waals surface area contributed by atoms with Gasteiger partial charge in [-0.25, -0.2) is 14.4 Å². The van der Waals surface area contributed by atoms with E-state index in [2.05, 4.69) is 6.58 Å². The molecule has 144 valence electrons. The van der Waals surface area contributed by atoms with Crippen molar-refractivity contribution < 1.29 is 38.6 Å². The molecule has 0 spiro atoms. The molecule has 8 nitrogen and oxygen atoms in total. The number of carboxylic acid groups (broad SMARTS) is 1. The molecule has 27 heavy (non-hydrogen) atoms. The van der Waals surface area contributed by atoms with Gasteiger partial charge < -0.3 is 14.6 Å². The first-order chi connectivity index (χ1) is 12.6. The molecule has 0 atom stereocenters. The Balaban J connectivity index is 2.95. The molecule has 1 rings (SSSR count). The Morgan fingerprint density at radius 2 is 1.33 bits per heavy atom. The first-order valence-corrected chi connectivity index (χ1v) is 7.99. The van der Waals surface area contributed by atoms with Crippen LogP contribution in [0.3, 0.4) is 0 Å². The van der Waals surface area contributed by atoms with E-state index in [0.29, 0.717) is 0 Å².